The number of nitrogens with zero attached hydrogens (tertiary/aromatic N) is 5. The van der Waals surface area contributed by atoms with Crippen LogP contribution in [0.5, 0.6) is 0 Å². The predicted molar refractivity (Wildman–Crippen MR) is 99.8 cm³/mol. The van der Waals surface area contributed by atoms with Gasteiger partial charge in [0.05, 0.1) is 18.1 Å². The van der Waals surface area contributed by atoms with E-state index in [1.807, 2.05) is 11.1 Å². The number of anilines is 2. The number of carbonyl (C=O) groups excluding carboxylic acids is 1. The molecular formula is C19H26N6O. The van der Waals surface area contributed by atoms with Gasteiger partial charge in [-0.3, -0.25) is 9.78 Å². The summed E-state index contributed by atoms with van der Waals surface area (Å²) in [5, 5.41) is 3.03. The van der Waals surface area contributed by atoms with Crippen molar-refractivity contribution in [3.8, 4) is 0 Å². The van der Waals surface area contributed by atoms with Crippen LogP contribution in [-0.2, 0) is 11.2 Å². The molecule has 3 heterocycles. The van der Waals surface area contributed by atoms with Crippen molar-refractivity contribution in [3.05, 3.63) is 36.5 Å². The second kappa shape index (κ2) is 8.69. The van der Waals surface area contributed by atoms with Crippen molar-refractivity contribution in [1.29, 1.82) is 0 Å². The van der Waals surface area contributed by atoms with Crippen LogP contribution in [0.15, 0.2) is 30.9 Å². The quantitative estimate of drug-likeness (QED) is 0.859. The number of piperidine rings is 1. The molecule has 0 atom stereocenters. The third-order valence-electron chi connectivity index (χ3n) is 4.56. The minimum atomic E-state index is 0.289. The van der Waals surface area contributed by atoms with E-state index in [0.29, 0.717) is 30.0 Å². The first-order valence-electron chi connectivity index (χ1n) is 9.23. The molecule has 2 aromatic heterocycles. The standard InChI is InChI=1S/C19H26N6O/c1-14(2)10-18(26)25-8-4-15(5-9-25)11-16-12-23-17(13-22-16)24-19-20-6-3-7-21-19/h3,6-7,12-15H,4-5,8-11H2,1-2H3,(H,20,21,23,24). The predicted octanol–water partition coefficient (Wildman–Crippen LogP) is 2.84. The normalized spacial score (nSPS) is 15.3. The molecule has 1 aliphatic rings. The highest BCUT2D eigenvalue weighted by Gasteiger charge is 2.23. The molecule has 0 aromatic carbocycles. The van der Waals surface area contributed by atoms with Gasteiger partial charge in [0, 0.05) is 31.9 Å². The van der Waals surface area contributed by atoms with Crippen LogP contribution >= 0.6 is 0 Å². The average molecular weight is 354 g/mol. The first-order chi connectivity index (χ1) is 12.6. The lowest BCUT2D eigenvalue weighted by Crippen LogP contribution is -2.39. The monoisotopic (exact) mass is 354 g/mol. The van der Waals surface area contributed by atoms with Crippen molar-refractivity contribution in [2.24, 2.45) is 11.8 Å². The van der Waals surface area contributed by atoms with E-state index in [1.54, 1.807) is 24.7 Å². The first kappa shape index (κ1) is 18.2. The summed E-state index contributed by atoms with van der Waals surface area (Å²) in [6.45, 7) is 5.89. The minimum absolute atomic E-state index is 0.289. The summed E-state index contributed by atoms with van der Waals surface area (Å²) in [5.74, 6) is 2.41. The van der Waals surface area contributed by atoms with Gasteiger partial charge in [0.2, 0.25) is 11.9 Å². The van der Waals surface area contributed by atoms with Gasteiger partial charge in [0.15, 0.2) is 5.82 Å². The third-order valence-corrected chi connectivity index (χ3v) is 4.56. The van der Waals surface area contributed by atoms with Crippen molar-refractivity contribution in [1.82, 2.24) is 24.8 Å². The second-order valence-electron chi connectivity index (χ2n) is 7.22. The summed E-state index contributed by atoms with van der Waals surface area (Å²) in [7, 11) is 0. The Labute approximate surface area is 154 Å². The molecule has 0 bridgehead atoms. The van der Waals surface area contributed by atoms with Gasteiger partial charge in [-0.2, -0.15) is 0 Å². The van der Waals surface area contributed by atoms with E-state index in [9.17, 15) is 4.79 Å². The Morgan fingerprint density at radius 2 is 1.88 bits per heavy atom. The van der Waals surface area contributed by atoms with Gasteiger partial charge in [0.1, 0.15) is 0 Å². The fraction of sp³-hybridized carbons (Fsp3) is 0.526. The molecule has 1 fully saturated rings. The summed E-state index contributed by atoms with van der Waals surface area (Å²) in [4.78, 5) is 31.3. The molecule has 0 spiro atoms. The lowest BCUT2D eigenvalue weighted by molar-refractivity contribution is -0.133. The molecule has 26 heavy (non-hydrogen) atoms. The number of carbonyl (C=O) groups is 1. The van der Waals surface area contributed by atoms with Gasteiger partial charge in [-0.15, -0.1) is 0 Å². The van der Waals surface area contributed by atoms with E-state index in [-0.39, 0.29) is 5.91 Å². The zero-order valence-electron chi connectivity index (χ0n) is 15.4. The first-order valence-corrected chi connectivity index (χ1v) is 9.23. The SMILES string of the molecule is CC(C)CC(=O)N1CCC(Cc2cnc(Nc3ncccn3)cn2)CC1. The van der Waals surface area contributed by atoms with Gasteiger partial charge in [-0.25, -0.2) is 15.0 Å². The summed E-state index contributed by atoms with van der Waals surface area (Å²) < 4.78 is 0. The van der Waals surface area contributed by atoms with Crippen molar-refractivity contribution >= 4 is 17.7 Å². The van der Waals surface area contributed by atoms with E-state index < -0.39 is 0 Å². The summed E-state index contributed by atoms with van der Waals surface area (Å²) in [6, 6.07) is 1.77. The van der Waals surface area contributed by atoms with Crippen LogP contribution in [0.4, 0.5) is 11.8 Å². The van der Waals surface area contributed by atoms with Gasteiger partial charge in [-0.1, -0.05) is 13.8 Å². The summed E-state index contributed by atoms with van der Waals surface area (Å²) in [6.07, 6.45) is 10.5. The lowest BCUT2D eigenvalue weighted by Gasteiger charge is -2.32. The summed E-state index contributed by atoms with van der Waals surface area (Å²) in [5.41, 5.74) is 0.983. The Balaban J connectivity index is 1.47. The fourth-order valence-corrected chi connectivity index (χ4v) is 3.16. The lowest BCUT2D eigenvalue weighted by atomic mass is 9.92. The van der Waals surface area contributed by atoms with Crippen LogP contribution in [0.3, 0.4) is 0 Å². The molecule has 7 nitrogen and oxygen atoms in total. The van der Waals surface area contributed by atoms with Gasteiger partial charge in [0.25, 0.3) is 0 Å². The topological polar surface area (TPSA) is 83.9 Å². The molecule has 2 aromatic rings. The number of likely N-dealkylation sites (tertiary alicyclic amines) is 1. The molecule has 0 saturated carbocycles. The molecule has 1 amide bonds. The zero-order chi connectivity index (χ0) is 18.4. The van der Waals surface area contributed by atoms with Crippen molar-refractivity contribution in [2.45, 2.75) is 39.5 Å². The molecule has 1 saturated heterocycles. The Bertz CT molecular complexity index is 696. The molecule has 1 N–H and O–H groups in total. The maximum absolute atomic E-state index is 12.1. The van der Waals surface area contributed by atoms with Crippen molar-refractivity contribution in [2.75, 3.05) is 18.4 Å². The molecule has 0 radical (unpaired) electrons. The highest BCUT2D eigenvalue weighted by atomic mass is 16.2. The van der Waals surface area contributed by atoms with Crippen molar-refractivity contribution in [3.63, 3.8) is 0 Å². The number of hydrogen-bond acceptors (Lipinski definition) is 6. The van der Waals surface area contributed by atoms with Gasteiger partial charge in [-0.05, 0) is 37.2 Å². The Kier molecular flexibility index (Phi) is 6.09. The number of rotatable bonds is 6. The minimum Gasteiger partial charge on any atom is -0.343 e. The van der Waals surface area contributed by atoms with E-state index in [2.05, 4.69) is 39.1 Å². The van der Waals surface area contributed by atoms with Crippen LogP contribution in [0.2, 0.25) is 0 Å². The van der Waals surface area contributed by atoms with Gasteiger partial charge >= 0.3 is 0 Å². The van der Waals surface area contributed by atoms with Crippen LogP contribution in [0.25, 0.3) is 0 Å². The van der Waals surface area contributed by atoms with E-state index in [1.165, 1.54) is 0 Å². The van der Waals surface area contributed by atoms with Crippen LogP contribution in [0, 0.1) is 11.8 Å². The van der Waals surface area contributed by atoms with Crippen molar-refractivity contribution < 1.29 is 4.79 Å². The molecule has 3 rings (SSSR count). The van der Waals surface area contributed by atoms with Crippen LogP contribution in [0.1, 0.15) is 38.8 Å². The Hall–Kier alpha value is -2.57. The third kappa shape index (κ3) is 5.21. The largest absolute Gasteiger partial charge is 0.343 e. The highest BCUT2D eigenvalue weighted by molar-refractivity contribution is 5.76. The zero-order valence-corrected chi connectivity index (χ0v) is 15.4. The van der Waals surface area contributed by atoms with Gasteiger partial charge < -0.3 is 10.2 Å². The van der Waals surface area contributed by atoms with E-state index in [4.69, 9.17) is 0 Å². The number of aromatic nitrogens is 4. The number of nitrogens with one attached hydrogen (secondary N) is 1. The smallest absolute Gasteiger partial charge is 0.228 e. The second-order valence-corrected chi connectivity index (χ2v) is 7.22. The molecule has 1 aliphatic heterocycles. The Morgan fingerprint density at radius 1 is 1.15 bits per heavy atom. The molecule has 0 aliphatic carbocycles. The van der Waals surface area contributed by atoms with E-state index in [0.717, 1.165) is 38.0 Å². The van der Waals surface area contributed by atoms with E-state index >= 15 is 0 Å². The highest BCUT2D eigenvalue weighted by Crippen LogP contribution is 2.22. The summed E-state index contributed by atoms with van der Waals surface area (Å²) >= 11 is 0. The molecule has 7 heteroatoms. The van der Waals surface area contributed by atoms with Crippen LogP contribution in [-0.4, -0.2) is 43.8 Å². The molecule has 138 valence electrons. The van der Waals surface area contributed by atoms with Crippen LogP contribution < -0.4 is 5.32 Å². The average Bonchev–Trinajstić information content (AvgIpc) is 2.64. The number of hydrogen-bond donors (Lipinski definition) is 1. The maximum atomic E-state index is 12.1. The Morgan fingerprint density at radius 3 is 2.50 bits per heavy atom. The fourth-order valence-electron chi connectivity index (χ4n) is 3.16. The maximum Gasteiger partial charge on any atom is 0.228 e. The molecular weight excluding hydrogens is 328 g/mol. The number of amides is 1. The molecule has 0 unspecified atom stereocenters.